The van der Waals surface area contributed by atoms with Crippen LogP contribution < -0.4 is 0 Å². The summed E-state index contributed by atoms with van der Waals surface area (Å²) in [4.78, 5) is 7.12. The first kappa shape index (κ1) is 8.96. The average molecular weight is 176 g/mol. The maximum atomic E-state index is 11.8. The topological polar surface area (TPSA) is 25.8 Å². The van der Waals surface area contributed by atoms with Gasteiger partial charge in [0.05, 0.1) is 0 Å². The molecule has 0 aromatic carbocycles. The first-order valence-corrected chi connectivity index (χ1v) is 3.33. The van der Waals surface area contributed by atoms with E-state index in [0.29, 0.717) is 5.69 Å². The van der Waals surface area contributed by atoms with Crippen molar-refractivity contribution < 1.29 is 13.2 Å². The van der Waals surface area contributed by atoms with Crippen LogP contribution in [0.25, 0.3) is 0 Å². The van der Waals surface area contributed by atoms with Gasteiger partial charge in [-0.2, -0.15) is 13.2 Å². The third kappa shape index (κ3) is 2.86. The van der Waals surface area contributed by atoms with Crippen LogP contribution in [0.3, 0.4) is 0 Å². The summed E-state index contributed by atoms with van der Waals surface area (Å²) in [5.74, 6) is -0.178. The number of halogens is 3. The fourth-order valence-electron chi connectivity index (χ4n) is 0.765. The van der Waals surface area contributed by atoms with Gasteiger partial charge >= 0.3 is 6.18 Å². The van der Waals surface area contributed by atoms with Gasteiger partial charge in [-0.3, -0.25) is 0 Å². The molecule has 0 aliphatic heterocycles. The number of hydrogen-bond donors (Lipinski definition) is 0. The third-order valence-corrected chi connectivity index (χ3v) is 1.20. The largest absolute Gasteiger partial charge is 0.396 e. The molecule has 0 N–H and O–H groups in total. The number of aryl methyl sites for hydroxylation is 1. The fraction of sp³-hybridized carbons (Fsp3) is 0.429. The van der Waals surface area contributed by atoms with Crippen molar-refractivity contribution in [1.29, 1.82) is 0 Å². The molecule has 0 atom stereocenters. The normalized spacial score (nSPS) is 11.7. The Morgan fingerprint density at radius 1 is 1.42 bits per heavy atom. The van der Waals surface area contributed by atoms with E-state index in [9.17, 15) is 13.2 Å². The highest BCUT2D eigenvalue weighted by molar-refractivity contribution is 5.00. The molecule has 0 aliphatic carbocycles. The van der Waals surface area contributed by atoms with E-state index in [-0.39, 0.29) is 5.82 Å². The maximum absolute atomic E-state index is 11.8. The molecule has 0 saturated carbocycles. The van der Waals surface area contributed by atoms with Gasteiger partial charge in [-0.1, -0.05) is 0 Å². The first-order valence-electron chi connectivity index (χ1n) is 3.33. The third-order valence-electron chi connectivity index (χ3n) is 1.20. The van der Waals surface area contributed by atoms with Crippen LogP contribution >= 0.6 is 0 Å². The molecule has 0 saturated heterocycles. The Morgan fingerprint density at radius 2 is 2.08 bits per heavy atom. The van der Waals surface area contributed by atoms with Crippen molar-refractivity contribution in [3.8, 4) is 0 Å². The molecule has 12 heavy (non-hydrogen) atoms. The zero-order valence-electron chi connectivity index (χ0n) is 6.39. The average Bonchev–Trinajstić information content (AvgIpc) is 1.82. The number of hydrogen-bond acceptors (Lipinski definition) is 2. The number of alkyl halides is 3. The molecule has 1 heterocycles. The minimum atomic E-state index is -4.23. The smallest absolute Gasteiger partial charge is 0.241 e. The van der Waals surface area contributed by atoms with Crippen LogP contribution in [0.5, 0.6) is 0 Å². The lowest BCUT2D eigenvalue weighted by Gasteiger charge is -2.04. The Morgan fingerprint density at radius 3 is 2.58 bits per heavy atom. The minimum absolute atomic E-state index is 0.178. The van der Waals surface area contributed by atoms with Gasteiger partial charge < -0.3 is 0 Å². The molecule has 1 aromatic heterocycles. The molecule has 66 valence electrons. The number of aromatic nitrogens is 2. The molecule has 1 aromatic rings. The lowest BCUT2D eigenvalue weighted by atomic mass is 10.3. The molecule has 0 unspecified atom stereocenters. The SMILES string of the molecule is Cc1ccnc(CC(F)(F)F)n1. The zero-order chi connectivity index (χ0) is 9.19. The predicted molar refractivity (Wildman–Crippen MR) is 36.5 cm³/mol. The first-order chi connectivity index (χ1) is 5.47. The summed E-state index contributed by atoms with van der Waals surface area (Å²) in [6.07, 6.45) is -3.97. The van der Waals surface area contributed by atoms with Crippen LogP contribution in [0.1, 0.15) is 11.5 Å². The maximum Gasteiger partial charge on any atom is 0.396 e. The van der Waals surface area contributed by atoms with E-state index in [1.54, 1.807) is 13.0 Å². The molecule has 5 heteroatoms. The molecule has 0 aliphatic rings. The molecule has 0 amide bonds. The summed E-state index contributed by atoms with van der Waals surface area (Å²) in [5, 5.41) is 0. The Hall–Kier alpha value is -1.13. The minimum Gasteiger partial charge on any atom is -0.241 e. The van der Waals surface area contributed by atoms with Gasteiger partial charge in [-0.05, 0) is 13.0 Å². The highest BCUT2D eigenvalue weighted by Crippen LogP contribution is 2.18. The quantitative estimate of drug-likeness (QED) is 0.653. The standard InChI is InChI=1S/C7H7F3N2/c1-5-2-3-11-6(12-5)4-7(8,9)10/h2-3H,4H2,1H3. The van der Waals surface area contributed by atoms with Gasteiger partial charge in [-0.15, -0.1) is 0 Å². The van der Waals surface area contributed by atoms with Crippen molar-refractivity contribution in [2.24, 2.45) is 0 Å². The Labute approximate surface area is 67.5 Å². The summed E-state index contributed by atoms with van der Waals surface area (Å²) in [6.45, 7) is 1.63. The van der Waals surface area contributed by atoms with E-state index >= 15 is 0 Å². The molecule has 0 radical (unpaired) electrons. The lowest BCUT2D eigenvalue weighted by molar-refractivity contribution is -0.128. The van der Waals surface area contributed by atoms with Crippen LogP contribution in [-0.4, -0.2) is 16.1 Å². The monoisotopic (exact) mass is 176 g/mol. The van der Waals surface area contributed by atoms with Crippen molar-refractivity contribution >= 4 is 0 Å². The summed E-state index contributed by atoms with van der Waals surface area (Å²) >= 11 is 0. The van der Waals surface area contributed by atoms with Crippen LogP contribution in [-0.2, 0) is 6.42 Å². The van der Waals surface area contributed by atoms with Crippen LogP contribution in [0.15, 0.2) is 12.3 Å². The fourth-order valence-corrected chi connectivity index (χ4v) is 0.765. The summed E-state index contributed by atoms with van der Waals surface area (Å²) in [7, 11) is 0. The second kappa shape index (κ2) is 3.08. The van der Waals surface area contributed by atoms with E-state index in [1.807, 2.05) is 0 Å². The Bertz CT molecular complexity index is 270. The summed E-state index contributed by atoms with van der Waals surface area (Å²) < 4.78 is 35.4. The second-order valence-corrected chi connectivity index (χ2v) is 2.41. The molecular formula is C7H7F3N2. The number of nitrogens with zero attached hydrogens (tertiary/aromatic N) is 2. The van der Waals surface area contributed by atoms with Gasteiger partial charge in [0.2, 0.25) is 0 Å². The highest BCUT2D eigenvalue weighted by Gasteiger charge is 2.29. The molecule has 0 bridgehead atoms. The van der Waals surface area contributed by atoms with Gasteiger partial charge in [0, 0.05) is 11.9 Å². The second-order valence-electron chi connectivity index (χ2n) is 2.41. The van der Waals surface area contributed by atoms with Crippen molar-refractivity contribution in [2.45, 2.75) is 19.5 Å². The molecular weight excluding hydrogens is 169 g/mol. The van der Waals surface area contributed by atoms with E-state index in [2.05, 4.69) is 9.97 Å². The van der Waals surface area contributed by atoms with Gasteiger partial charge in [0.25, 0.3) is 0 Å². The van der Waals surface area contributed by atoms with E-state index in [0.717, 1.165) is 0 Å². The van der Waals surface area contributed by atoms with E-state index in [1.165, 1.54) is 6.20 Å². The Balaban J connectivity index is 2.77. The highest BCUT2D eigenvalue weighted by atomic mass is 19.4. The molecule has 0 spiro atoms. The van der Waals surface area contributed by atoms with Crippen LogP contribution in [0, 0.1) is 6.92 Å². The zero-order valence-corrected chi connectivity index (χ0v) is 6.39. The van der Waals surface area contributed by atoms with Gasteiger partial charge in [0.1, 0.15) is 12.2 Å². The van der Waals surface area contributed by atoms with Crippen molar-refractivity contribution in [3.63, 3.8) is 0 Å². The van der Waals surface area contributed by atoms with Crippen molar-refractivity contribution in [1.82, 2.24) is 9.97 Å². The predicted octanol–water partition coefficient (Wildman–Crippen LogP) is 1.89. The number of rotatable bonds is 1. The van der Waals surface area contributed by atoms with Gasteiger partial charge in [-0.25, -0.2) is 9.97 Å². The molecule has 1 rings (SSSR count). The van der Waals surface area contributed by atoms with E-state index in [4.69, 9.17) is 0 Å². The van der Waals surface area contributed by atoms with Crippen LogP contribution in [0.4, 0.5) is 13.2 Å². The molecule has 2 nitrogen and oxygen atoms in total. The Kier molecular flexibility index (Phi) is 2.30. The summed E-state index contributed by atoms with van der Waals surface area (Å²) in [5.41, 5.74) is 0.546. The van der Waals surface area contributed by atoms with Crippen molar-refractivity contribution in [3.05, 3.63) is 23.8 Å². The molecule has 0 fully saturated rings. The summed E-state index contributed by atoms with van der Waals surface area (Å²) in [6, 6.07) is 1.56. The van der Waals surface area contributed by atoms with Crippen molar-refractivity contribution in [2.75, 3.05) is 0 Å². The van der Waals surface area contributed by atoms with Gasteiger partial charge in [0.15, 0.2) is 0 Å². The lowest BCUT2D eigenvalue weighted by Crippen LogP contribution is -2.14. The van der Waals surface area contributed by atoms with E-state index < -0.39 is 12.6 Å². The van der Waals surface area contributed by atoms with Crippen LogP contribution in [0.2, 0.25) is 0 Å².